The van der Waals surface area contributed by atoms with E-state index in [0.717, 1.165) is 0 Å². The summed E-state index contributed by atoms with van der Waals surface area (Å²) in [7, 11) is 0. The van der Waals surface area contributed by atoms with Gasteiger partial charge in [-0.3, -0.25) is 0 Å². The van der Waals surface area contributed by atoms with Gasteiger partial charge in [0.05, 0.1) is 0 Å². The highest BCUT2D eigenvalue weighted by Gasteiger charge is 2.57. The average molecular weight is 324 g/mol. The highest BCUT2D eigenvalue weighted by atomic mass is 19.4. The van der Waals surface area contributed by atoms with E-state index in [1.807, 2.05) is 0 Å². The number of nitrogens with zero attached hydrogens (tertiary/aromatic N) is 1. The molecule has 0 rings (SSSR count). The van der Waals surface area contributed by atoms with Gasteiger partial charge in [0.15, 0.2) is 0 Å². The van der Waals surface area contributed by atoms with E-state index < -0.39 is 30.5 Å². The standard InChI is InChI=1S/C11H18F6N2O2/c1-9(2,8(18)19-20)5-3-4-6-21-7(10(12,13)14)11(15,16)17/h7,20H,3-6H2,1-2H3,(H2,18,19). The van der Waals surface area contributed by atoms with E-state index in [4.69, 9.17) is 10.9 Å². The molecule has 0 heterocycles. The van der Waals surface area contributed by atoms with Gasteiger partial charge >= 0.3 is 12.4 Å². The molecule has 0 aromatic heterocycles. The summed E-state index contributed by atoms with van der Waals surface area (Å²) in [5, 5.41) is 11.3. The molecule has 0 atom stereocenters. The third-order valence-corrected chi connectivity index (χ3v) is 2.88. The van der Waals surface area contributed by atoms with Gasteiger partial charge in [-0.05, 0) is 12.8 Å². The molecule has 4 nitrogen and oxygen atoms in total. The lowest BCUT2D eigenvalue weighted by molar-refractivity contribution is -0.321. The monoisotopic (exact) mass is 324 g/mol. The summed E-state index contributed by atoms with van der Waals surface area (Å²) >= 11 is 0. The van der Waals surface area contributed by atoms with Gasteiger partial charge in [0.1, 0.15) is 5.84 Å². The molecule has 21 heavy (non-hydrogen) atoms. The molecule has 0 aliphatic heterocycles. The molecule has 0 fully saturated rings. The molecule has 0 unspecified atom stereocenters. The topological polar surface area (TPSA) is 67.8 Å². The molecule has 0 saturated carbocycles. The molecule has 0 amide bonds. The summed E-state index contributed by atoms with van der Waals surface area (Å²) in [4.78, 5) is 0. The second kappa shape index (κ2) is 7.19. The summed E-state index contributed by atoms with van der Waals surface area (Å²) in [6, 6.07) is 0. The van der Waals surface area contributed by atoms with E-state index in [2.05, 4.69) is 9.89 Å². The Morgan fingerprint density at radius 1 is 1.10 bits per heavy atom. The van der Waals surface area contributed by atoms with Gasteiger partial charge in [0.2, 0.25) is 6.10 Å². The molecule has 0 spiro atoms. The van der Waals surface area contributed by atoms with E-state index in [0.29, 0.717) is 6.42 Å². The number of hydrogen-bond donors (Lipinski definition) is 2. The van der Waals surface area contributed by atoms with Crippen LogP contribution in [-0.2, 0) is 4.74 Å². The van der Waals surface area contributed by atoms with Crippen LogP contribution in [-0.4, -0.2) is 36.1 Å². The van der Waals surface area contributed by atoms with Crippen molar-refractivity contribution < 1.29 is 36.3 Å². The van der Waals surface area contributed by atoms with Crippen LogP contribution in [0.15, 0.2) is 5.16 Å². The number of amidine groups is 1. The molecular formula is C11H18F6N2O2. The number of unbranched alkanes of at least 4 members (excludes halogenated alkanes) is 1. The minimum absolute atomic E-state index is 0.00913. The van der Waals surface area contributed by atoms with Crippen LogP contribution in [0.3, 0.4) is 0 Å². The largest absolute Gasteiger partial charge is 0.423 e. The molecule has 126 valence electrons. The van der Waals surface area contributed by atoms with E-state index in [1.54, 1.807) is 13.8 Å². The van der Waals surface area contributed by atoms with Crippen LogP contribution in [0.2, 0.25) is 0 Å². The predicted octanol–water partition coefficient (Wildman–Crippen LogP) is 3.44. The molecular weight excluding hydrogens is 306 g/mol. The fraction of sp³-hybridized carbons (Fsp3) is 0.909. The van der Waals surface area contributed by atoms with Crippen molar-refractivity contribution in [3.05, 3.63) is 0 Å². The molecule has 0 bridgehead atoms. The molecule has 0 aliphatic rings. The van der Waals surface area contributed by atoms with Crippen LogP contribution in [0, 0.1) is 5.41 Å². The van der Waals surface area contributed by atoms with Gasteiger partial charge in [-0.1, -0.05) is 25.4 Å². The second-order valence-electron chi connectivity index (χ2n) is 5.16. The Morgan fingerprint density at radius 3 is 1.95 bits per heavy atom. The number of halogens is 6. The van der Waals surface area contributed by atoms with Gasteiger partial charge in [-0.15, -0.1) is 0 Å². The number of rotatable bonds is 7. The Bertz CT molecular complexity index is 338. The van der Waals surface area contributed by atoms with Crippen LogP contribution >= 0.6 is 0 Å². The number of nitrogens with two attached hydrogens (primary N) is 1. The number of hydrogen-bond acceptors (Lipinski definition) is 3. The summed E-state index contributed by atoms with van der Waals surface area (Å²) in [6.45, 7) is 2.59. The van der Waals surface area contributed by atoms with Gasteiger partial charge in [0.25, 0.3) is 0 Å². The Kier molecular flexibility index (Phi) is 6.78. The first-order valence-electron chi connectivity index (χ1n) is 6.05. The van der Waals surface area contributed by atoms with Crippen LogP contribution < -0.4 is 5.73 Å². The summed E-state index contributed by atoms with van der Waals surface area (Å²) < 4.78 is 76.9. The summed E-state index contributed by atoms with van der Waals surface area (Å²) in [5.41, 5.74) is 4.69. The zero-order valence-corrected chi connectivity index (χ0v) is 11.6. The van der Waals surface area contributed by atoms with E-state index in [9.17, 15) is 26.3 Å². The van der Waals surface area contributed by atoms with Crippen molar-refractivity contribution in [2.24, 2.45) is 16.3 Å². The first-order chi connectivity index (χ1) is 9.32. The van der Waals surface area contributed by atoms with Crippen LogP contribution in [0.25, 0.3) is 0 Å². The maximum atomic E-state index is 12.2. The summed E-state index contributed by atoms with van der Waals surface area (Å²) in [6.07, 6.45) is -14.2. The van der Waals surface area contributed by atoms with Crippen molar-refractivity contribution in [2.45, 2.75) is 51.6 Å². The van der Waals surface area contributed by atoms with Crippen molar-refractivity contribution in [3.63, 3.8) is 0 Å². The van der Waals surface area contributed by atoms with E-state index >= 15 is 0 Å². The molecule has 0 radical (unpaired) electrons. The quantitative estimate of drug-likeness (QED) is 0.188. The normalized spacial score (nSPS) is 14.8. The third kappa shape index (κ3) is 6.87. The zero-order valence-electron chi connectivity index (χ0n) is 11.6. The SMILES string of the molecule is CC(C)(CCCCOC(C(F)(F)F)C(F)(F)F)C(N)=NO. The highest BCUT2D eigenvalue weighted by Crippen LogP contribution is 2.35. The Hall–Kier alpha value is -1.19. The smallest absolute Gasteiger partial charge is 0.409 e. The zero-order chi connectivity index (χ0) is 16.9. The lowest BCUT2D eigenvalue weighted by Gasteiger charge is -2.24. The van der Waals surface area contributed by atoms with Crippen LogP contribution in [0.5, 0.6) is 0 Å². The van der Waals surface area contributed by atoms with Gasteiger partial charge in [-0.2, -0.15) is 26.3 Å². The van der Waals surface area contributed by atoms with E-state index in [-0.39, 0.29) is 18.7 Å². The number of alkyl halides is 6. The minimum Gasteiger partial charge on any atom is -0.409 e. The van der Waals surface area contributed by atoms with E-state index in [1.165, 1.54) is 0 Å². The predicted molar refractivity (Wildman–Crippen MR) is 62.9 cm³/mol. The lowest BCUT2D eigenvalue weighted by atomic mass is 9.86. The fourth-order valence-corrected chi connectivity index (χ4v) is 1.51. The maximum absolute atomic E-state index is 12.2. The van der Waals surface area contributed by atoms with Crippen molar-refractivity contribution >= 4 is 5.84 Å². The molecule has 0 aromatic carbocycles. The highest BCUT2D eigenvalue weighted by molar-refractivity contribution is 5.85. The second-order valence-corrected chi connectivity index (χ2v) is 5.16. The minimum atomic E-state index is -5.49. The molecule has 10 heteroatoms. The average Bonchev–Trinajstić information content (AvgIpc) is 2.28. The lowest BCUT2D eigenvalue weighted by Crippen LogP contribution is -2.44. The van der Waals surface area contributed by atoms with Crippen LogP contribution in [0.1, 0.15) is 33.1 Å². The summed E-state index contributed by atoms with van der Waals surface area (Å²) in [5.74, 6) is -0.0631. The van der Waals surface area contributed by atoms with Gasteiger partial charge in [-0.25, -0.2) is 0 Å². The van der Waals surface area contributed by atoms with Crippen molar-refractivity contribution in [1.29, 1.82) is 0 Å². The van der Waals surface area contributed by atoms with Crippen LogP contribution in [0.4, 0.5) is 26.3 Å². The number of ether oxygens (including phenoxy) is 1. The van der Waals surface area contributed by atoms with Crippen molar-refractivity contribution in [1.82, 2.24) is 0 Å². The molecule has 0 saturated heterocycles. The van der Waals surface area contributed by atoms with Crippen molar-refractivity contribution in [2.75, 3.05) is 6.61 Å². The van der Waals surface area contributed by atoms with Crippen molar-refractivity contribution in [3.8, 4) is 0 Å². The Morgan fingerprint density at radius 2 is 1.57 bits per heavy atom. The molecule has 3 N–H and O–H groups in total. The first-order valence-corrected chi connectivity index (χ1v) is 6.05. The Balaban J connectivity index is 4.26. The fourth-order valence-electron chi connectivity index (χ4n) is 1.51. The molecule has 0 aliphatic carbocycles. The third-order valence-electron chi connectivity index (χ3n) is 2.88. The maximum Gasteiger partial charge on any atom is 0.423 e. The Labute approximate surface area is 117 Å². The number of oxime groups is 1. The first kappa shape index (κ1) is 19.8. The van der Waals surface area contributed by atoms with Gasteiger partial charge in [0, 0.05) is 12.0 Å². The molecule has 0 aromatic rings. The van der Waals surface area contributed by atoms with Gasteiger partial charge < -0.3 is 15.7 Å².